The number of para-hydroxylation sites is 1. The Balaban J connectivity index is 1.99. The second-order valence-corrected chi connectivity index (χ2v) is 4.92. The highest BCUT2D eigenvalue weighted by atomic mass is 19.1. The number of anilines is 1. The Bertz CT molecular complexity index is 426. The molecule has 18 heavy (non-hydrogen) atoms. The molecule has 0 saturated carbocycles. The molecule has 0 N–H and O–H groups in total. The SMILES string of the molecule is CC(C)C(=O)N1CCN(c2ccccc2F)CC1. The number of benzene rings is 1. The summed E-state index contributed by atoms with van der Waals surface area (Å²) in [5.41, 5.74) is 0.633. The molecule has 98 valence electrons. The van der Waals surface area contributed by atoms with E-state index in [9.17, 15) is 9.18 Å². The highest BCUT2D eigenvalue weighted by Crippen LogP contribution is 2.20. The second kappa shape index (κ2) is 5.38. The fourth-order valence-corrected chi connectivity index (χ4v) is 2.24. The Morgan fingerprint density at radius 3 is 2.33 bits per heavy atom. The minimum atomic E-state index is -0.193. The highest BCUT2D eigenvalue weighted by molar-refractivity contribution is 5.78. The summed E-state index contributed by atoms with van der Waals surface area (Å²) < 4.78 is 13.6. The van der Waals surface area contributed by atoms with Crippen LogP contribution < -0.4 is 4.90 Å². The van der Waals surface area contributed by atoms with E-state index < -0.39 is 0 Å². The van der Waals surface area contributed by atoms with Gasteiger partial charge in [-0.25, -0.2) is 4.39 Å². The Hall–Kier alpha value is -1.58. The van der Waals surface area contributed by atoms with Crippen LogP contribution in [-0.2, 0) is 4.79 Å². The third kappa shape index (κ3) is 2.63. The van der Waals surface area contributed by atoms with Crippen molar-refractivity contribution in [1.29, 1.82) is 0 Å². The van der Waals surface area contributed by atoms with E-state index in [2.05, 4.69) is 0 Å². The topological polar surface area (TPSA) is 23.6 Å². The van der Waals surface area contributed by atoms with Gasteiger partial charge in [-0.05, 0) is 12.1 Å². The Labute approximate surface area is 107 Å². The first-order valence-electron chi connectivity index (χ1n) is 6.38. The van der Waals surface area contributed by atoms with Gasteiger partial charge in [-0.3, -0.25) is 4.79 Å². The summed E-state index contributed by atoms with van der Waals surface area (Å²) in [5.74, 6) is 0.0225. The lowest BCUT2D eigenvalue weighted by molar-refractivity contribution is -0.134. The van der Waals surface area contributed by atoms with Crippen molar-refractivity contribution in [3.05, 3.63) is 30.1 Å². The quantitative estimate of drug-likeness (QED) is 0.802. The molecule has 0 spiro atoms. The van der Waals surface area contributed by atoms with Gasteiger partial charge in [-0.15, -0.1) is 0 Å². The van der Waals surface area contributed by atoms with Crippen LogP contribution in [0.25, 0.3) is 0 Å². The maximum absolute atomic E-state index is 13.6. The molecule has 0 aliphatic carbocycles. The maximum Gasteiger partial charge on any atom is 0.225 e. The number of nitrogens with zero attached hydrogens (tertiary/aromatic N) is 2. The van der Waals surface area contributed by atoms with Gasteiger partial charge in [0.1, 0.15) is 5.82 Å². The number of hydrogen-bond acceptors (Lipinski definition) is 2. The smallest absolute Gasteiger partial charge is 0.225 e. The van der Waals surface area contributed by atoms with Crippen molar-refractivity contribution in [2.75, 3.05) is 31.1 Å². The van der Waals surface area contributed by atoms with Gasteiger partial charge in [-0.1, -0.05) is 26.0 Å². The van der Waals surface area contributed by atoms with Crippen molar-refractivity contribution < 1.29 is 9.18 Å². The molecule has 1 aliphatic rings. The molecule has 0 bridgehead atoms. The third-order valence-corrected chi connectivity index (χ3v) is 3.28. The fourth-order valence-electron chi connectivity index (χ4n) is 2.24. The molecule has 0 aromatic heterocycles. The lowest BCUT2D eigenvalue weighted by Crippen LogP contribution is -2.50. The van der Waals surface area contributed by atoms with Gasteiger partial charge in [0.2, 0.25) is 5.91 Å². The molecule has 2 rings (SSSR count). The summed E-state index contributed by atoms with van der Waals surface area (Å²) in [7, 11) is 0. The normalized spacial score (nSPS) is 16.2. The number of rotatable bonds is 2. The van der Waals surface area contributed by atoms with Gasteiger partial charge in [0, 0.05) is 32.1 Å². The van der Waals surface area contributed by atoms with Crippen LogP contribution in [0.4, 0.5) is 10.1 Å². The van der Waals surface area contributed by atoms with Gasteiger partial charge >= 0.3 is 0 Å². The molecule has 1 fully saturated rings. The van der Waals surface area contributed by atoms with Crippen molar-refractivity contribution in [3.8, 4) is 0 Å². The fraction of sp³-hybridized carbons (Fsp3) is 0.500. The van der Waals surface area contributed by atoms with Crippen LogP contribution in [-0.4, -0.2) is 37.0 Å². The maximum atomic E-state index is 13.6. The summed E-state index contributed by atoms with van der Waals surface area (Å²) in [5, 5.41) is 0. The Morgan fingerprint density at radius 1 is 1.17 bits per heavy atom. The predicted octanol–water partition coefficient (Wildman–Crippen LogP) is 2.13. The first-order valence-corrected chi connectivity index (χ1v) is 6.38. The third-order valence-electron chi connectivity index (χ3n) is 3.28. The van der Waals surface area contributed by atoms with Crippen molar-refractivity contribution in [1.82, 2.24) is 4.90 Å². The van der Waals surface area contributed by atoms with Crippen LogP contribution in [0.5, 0.6) is 0 Å². The molecule has 1 aromatic carbocycles. The van der Waals surface area contributed by atoms with Gasteiger partial charge in [-0.2, -0.15) is 0 Å². The molecular formula is C14H19FN2O. The molecule has 1 aliphatic heterocycles. The summed E-state index contributed by atoms with van der Waals surface area (Å²) >= 11 is 0. The molecule has 3 nitrogen and oxygen atoms in total. The van der Waals surface area contributed by atoms with Crippen LogP contribution in [0.1, 0.15) is 13.8 Å². The van der Waals surface area contributed by atoms with E-state index in [1.165, 1.54) is 6.07 Å². The van der Waals surface area contributed by atoms with Gasteiger partial charge < -0.3 is 9.80 Å². The van der Waals surface area contributed by atoms with Crippen molar-refractivity contribution in [3.63, 3.8) is 0 Å². The average Bonchev–Trinajstić information content (AvgIpc) is 2.38. The van der Waals surface area contributed by atoms with Crippen LogP contribution in [0.2, 0.25) is 0 Å². The Kier molecular flexibility index (Phi) is 3.84. The van der Waals surface area contributed by atoms with Gasteiger partial charge in [0.05, 0.1) is 5.69 Å². The van der Waals surface area contributed by atoms with Crippen molar-refractivity contribution in [2.45, 2.75) is 13.8 Å². The largest absolute Gasteiger partial charge is 0.366 e. The minimum absolute atomic E-state index is 0.0324. The molecule has 0 atom stereocenters. The van der Waals surface area contributed by atoms with E-state index in [0.717, 1.165) is 0 Å². The number of amides is 1. The summed E-state index contributed by atoms with van der Waals surface area (Å²) in [6.07, 6.45) is 0. The lowest BCUT2D eigenvalue weighted by Gasteiger charge is -2.37. The molecule has 0 unspecified atom stereocenters. The zero-order valence-corrected chi connectivity index (χ0v) is 10.9. The first-order chi connectivity index (χ1) is 8.59. The number of carbonyl (C=O) groups is 1. The standard InChI is InChI=1S/C14H19FN2O/c1-11(2)14(18)17-9-7-16(8-10-17)13-6-4-3-5-12(13)15/h3-6,11H,7-10H2,1-2H3. The van der Waals surface area contributed by atoms with E-state index in [4.69, 9.17) is 0 Å². The zero-order chi connectivity index (χ0) is 13.1. The highest BCUT2D eigenvalue weighted by Gasteiger charge is 2.23. The van der Waals surface area contributed by atoms with Crippen LogP contribution in [0, 0.1) is 11.7 Å². The molecule has 1 saturated heterocycles. The number of carbonyl (C=O) groups excluding carboxylic acids is 1. The Morgan fingerprint density at radius 2 is 1.78 bits per heavy atom. The summed E-state index contributed by atoms with van der Waals surface area (Å²) in [4.78, 5) is 15.7. The van der Waals surface area contributed by atoms with E-state index in [0.29, 0.717) is 31.9 Å². The van der Waals surface area contributed by atoms with Gasteiger partial charge in [0.25, 0.3) is 0 Å². The molecule has 1 heterocycles. The number of piperazine rings is 1. The van der Waals surface area contributed by atoms with E-state index in [1.54, 1.807) is 12.1 Å². The summed E-state index contributed by atoms with van der Waals surface area (Å²) in [6.45, 7) is 6.55. The minimum Gasteiger partial charge on any atom is -0.366 e. The zero-order valence-electron chi connectivity index (χ0n) is 10.9. The molecule has 1 aromatic rings. The summed E-state index contributed by atoms with van der Waals surface area (Å²) in [6, 6.07) is 6.79. The van der Waals surface area contributed by atoms with Crippen molar-refractivity contribution in [2.24, 2.45) is 5.92 Å². The lowest BCUT2D eigenvalue weighted by atomic mass is 10.1. The average molecular weight is 250 g/mol. The van der Waals surface area contributed by atoms with Crippen LogP contribution in [0.15, 0.2) is 24.3 Å². The molecule has 1 amide bonds. The second-order valence-electron chi connectivity index (χ2n) is 4.92. The van der Waals surface area contributed by atoms with E-state index in [1.807, 2.05) is 29.7 Å². The monoisotopic (exact) mass is 250 g/mol. The molecule has 0 radical (unpaired) electrons. The van der Waals surface area contributed by atoms with Crippen LogP contribution >= 0.6 is 0 Å². The van der Waals surface area contributed by atoms with Crippen molar-refractivity contribution >= 4 is 11.6 Å². The molecule has 4 heteroatoms. The van der Waals surface area contributed by atoms with Crippen LogP contribution in [0.3, 0.4) is 0 Å². The number of hydrogen-bond donors (Lipinski definition) is 0. The first kappa shape index (κ1) is 12.9. The van der Waals surface area contributed by atoms with Gasteiger partial charge in [0.15, 0.2) is 0 Å². The van der Waals surface area contributed by atoms with E-state index in [-0.39, 0.29) is 17.6 Å². The number of halogens is 1. The predicted molar refractivity (Wildman–Crippen MR) is 70.0 cm³/mol. The van der Waals surface area contributed by atoms with E-state index >= 15 is 0 Å². The molecular weight excluding hydrogens is 231 g/mol.